The average molecular weight is 279 g/mol. The molecule has 1 heterocycles. The number of fused-ring (bicyclic) bond motifs is 1. The number of alkyl halides is 2. The summed E-state index contributed by atoms with van der Waals surface area (Å²) < 4.78 is 35.1. The van der Waals surface area contributed by atoms with Crippen molar-refractivity contribution in [3.8, 4) is 17.5 Å². The first-order chi connectivity index (χ1) is 9.38. The van der Waals surface area contributed by atoms with Gasteiger partial charge in [0.05, 0.1) is 6.10 Å². The molecule has 1 unspecified atom stereocenters. The van der Waals surface area contributed by atoms with Gasteiger partial charge >= 0.3 is 6.29 Å². The van der Waals surface area contributed by atoms with Gasteiger partial charge in [0.1, 0.15) is 0 Å². The molecule has 1 atom stereocenters. The number of ether oxygens (including phenoxy) is 2. The SMILES string of the molecule is C=Cc1ccc2c(c1C(O)CB(C)C#N)OC(F)(F)O2. The Kier molecular flexibility index (Phi) is 3.68. The molecule has 7 heteroatoms. The molecular formula is C13H12BF2NO3. The Hall–Kier alpha value is -2.07. The fourth-order valence-corrected chi connectivity index (χ4v) is 2.08. The number of rotatable bonds is 4. The summed E-state index contributed by atoms with van der Waals surface area (Å²) >= 11 is 0. The van der Waals surface area contributed by atoms with Gasteiger partial charge in [-0.05, 0) is 17.9 Å². The monoisotopic (exact) mass is 279 g/mol. The van der Waals surface area contributed by atoms with Crippen LogP contribution in [0.15, 0.2) is 18.7 Å². The van der Waals surface area contributed by atoms with Crippen LogP contribution in [0.3, 0.4) is 0 Å². The molecule has 0 radical (unpaired) electrons. The van der Waals surface area contributed by atoms with Crippen LogP contribution in [0.5, 0.6) is 11.5 Å². The van der Waals surface area contributed by atoms with Crippen molar-refractivity contribution >= 4 is 12.8 Å². The van der Waals surface area contributed by atoms with E-state index in [1.807, 2.05) is 5.97 Å². The summed E-state index contributed by atoms with van der Waals surface area (Å²) in [7, 11) is 0. The minimum atomic E-state index is -3.75. The lowest BCUT2D eigenvalue weighted by atomic mass is 9.50. The standard InChI is InChI=1S/C13H12BF2NO3/c1-3-8-4-5-10-12(20-13(15,16)19-10)11(8)9(18)6-14(2)7-17/h3-5,9,18H,1,6H2,2H3. The maximum atomic E-state index is 13.1. The number of aliphatic hydroxyl groups excluding tert-OH is 1. The van der Waals surface area contributed by atoms with Crippen molar-refractivity contribution in [1.29, 1.82) is 5.26 Å². The Morgan fingerprint density at radius 2 is 2.25 bits per heavy atom. The van der Waals surface area contributed by atoms with Crippen molar-refractivity contribution in [2.75, 3.05) is 0 Å². The first-order valence-corrected chi connectivity index (χ1v) is 6.01. The highest BCUT2D eigenvalue weighted by atomic mass is 19.3. The second kappa shape index (κ2) is 5.14. The molecule has 0 bridgehead atoms. The Morgan fingerprint density at radius 3 is 2.85 bits per heavy atom. The molecule has 0 saturated heterocycles. The number of benzene rings is 1. The molecule has 1 aliphatic heterocycles. The molecule has 0 amide bonds. The third-order valence-corrected chi connectivity index (χ3v) is 2.99. The average Bonchev–Trinajstić information content (AvgIpc) is 2.70. The van der Waals surface area contributed by atoms with E-state index < -0.39 is 19.1 Å². The van der Waals surface area contributed by atoms with Crippen LogP contribution in [0.2, 0.25) is 13.1 Å². The largest absolute Gasteiger partial charge is 0.586 e. The zero-order valence-electron chi connectivity index (χ0n) is 10.8. The van der Waals surface area contributed by atoms with Crippen LogP contribution in [0.25, 0.3) is 6.08 Å². The second-order valence-corrected chi connectivity index (χ2v) is 4.55. The Balaban J connectivity index is 2.44. The quantitative estimate of drug-likeness (QED) is 0.861. The molecule has 1 N–H and O–H groups in total. The zero-order chi connectivity index (χ0) is 14.9. The molecule has 20 heavy (non-hydrogen) atoms. The van der Waals surface area contributed by atoms with E-state index in [0.717, 1.165) is 0 Å². The van der Waals surface area contributed by atoms with Gasteiger partial charge in [-0.15, -0.1) is 8.78 Å². The molecule has 2 rings (SSSR count). The van der Waals surface area contributed by atoms with Crippen molar-refractivity contribution in [2.24, 2.45) is 0 Å². The second-order valence-electron chi connectivity index (χ2n) is 4.55. The third-order valence-electron chi connectivity index (χ3n) is 2.99. The molecule has 4 nitrogen and oxygen atoms in total. The summed E-state index contributed by atoms with van der Waals surface area (Å²) in [6, 6.07) is 2.84. The van der Waals surface area contributed by atoms with E-state index in [-0.39, 0.29) is 23.4 Å². The molecule has 0 fully saturated rings. The predicted octanol–water partition coefficient (Wildman–Crippen LogP) is 2.87. The molecule has 0 aliphatic carbocycles. The molecule has 0 aromatic heterocycles. The van der Waals surface area contributed by atoms with Gasteiger partial charge in [0.15, 0.2) is 11.5 Å². The first-order valence-electron chi connectivity index (χ1n) is 6.01. The van der Waals surface area contributed by atoms with Crippen molar-refractivity contribution in [3.05, 3.63) is 29.8 Å². The van der Waals surface area contributed by atoms with Crippen molar-refractivity contribution in [3.63, 3.8) is 0 Å². The lowest BCUT2D eigenvalue weighted by Crippen LogP contribution is -2.26. The number of hydrogen-bond donors (Lipinski definition) is 1. The smallest absolute Gasteiger partial charge is 0.395 e. The normalized spacial score (nSPS) is 16.4. The number of hydrogen-bond acceptors (Lipinski definition) is 4. The van der Waals surface area contributed by atoms with Crippen LogP contribution in [-0.4, -0.2) is 18.1 Å². The molecule has 1 aliphatic rings. The van der Waals surface area contributed by atoms with Crippen LogP contribution in [0.1, 0.15) is 17.2 Å². The number of aliphatic hydroxyl groups is 1. The van der Waals surface area contributed by atoms with Gasteiger partial charge in [-0.1, -0.05) is 25.5 Å². The van der Waals surface area contributed by atoms with Crippen molar-refractivity contribution in [2.45, 2.75) is 25.5 Å². The molecule has 1 aromatic carbocycles. The van der Waals surface area contributed by atoms with Gasteiger partial charge in [0.2, 0.25) is 0 Å². The Bertz CT molecular complexity index is 586. The van der Waals surface area contributed by atoms with E-state index in [1.165, 1.54) is 18.2 Å². The van der Waals surface area contributed by atoms with Crippen LogP contribution in [0.4, 0.5) is 8.78 Å². The van der Waals surface area contributed by atoms with Gasteiger partial charge in [-0.25, -0.2) is 5.26 Å². The predicted molar refractivity (Wildman–Crippen MR) is 69.7 cm³/mol. The van der Waals surface area contributed by atoms with E-state index in [1.54, 1.807) is 6.82 Å². The lowest BCUT2D eigenvalue weighted by molar-refractivity contribution is -0.287. The van der Waals surface area contributed by atoms with E-state index in [0.29, 0.717) is 5.56 Å². The Morgan fingerprint density at radius 1 is 1.55 bits per heavy atom. The number of nitrogens with zero attached hydrogens (tertiary/aromatic N) is 1. The van der Waals surface area contributed by atoms with Gasteiger partial charge in [0, 0.05) is 11.5 Å². The number of nitriles is 1. The highest BCUT2D eigenvalue weighted by Crippen LogP contribution is 2.47. The minimum Gasteiger partial charge on any atom is -0.395 e. The minimum absolute atomic E-state index is 0.0999. The maximum Gasteiger partial charge on any atom is 0.586 e. The van der Waals surface area contributed by atoms with Crippen LogP contribution >= 0.6 is 0 Å². The van der Waals surface area contributed by atoms with Crippen molar-refractivity contribution in [1.82, 2.24) is 0 Å². The summed E-state index contributed by atoms with van der Waals surface area (Å²) in [5.41, 5.74) is 0.625. The van der Waals surface area contributed by atoms with Crippen LogP contribution in [0, 0.1) is 11.2 Å². The van der Waals surface area contributed by atoms with E-state index in [9.17, 15) is 13.9 Å². The fourth-order valence-electron chi connectivity index (χ4n) is 2.08. The number of halogens is 2. The van der Waals surface area contributed by atoms with E-state index >= 15 is 0 Å². The maximum absolute atomic E-state index is 13.1. The highest BCUT2D eigenvalue weighted by Gasteiger charge is 2.45. The zero-order valence-corrected chi connectivity index (χ0v) is 10.8. The highest BCUT2D eigenvalue weighted by molar-refractivity contribution is 6.65. The summed E-state index contributed by atoms with van der Waals surface area (Å²) in [6.07, 6.45) is -3.35. The van der Waals surface area contributed by atoms with Crippen LogP contribution < -0.4 is 9.47 Å². The summed E-state index contributed by atoms with van der Waals surface area (Å²) in [6.45, 7) is 4.78. The molecule has 0 spiro atoms. The van der Waals surface area contributed by atoms with E-state index in [2.05, 4.69) is 16.1 Å². The fraction of sp³-hybridized carbons (Fsp3) is 0.308. The topological polar surface area (TPSA) is 62.5 Å². The third kappa shape index (κ3) is 2.61. The van der Waals surface area contributed by atoms with Crippen molar-refractivity contribution < 1.29 is 23.4 Å². The molecular weight excluding hydrogens is 267 g/mol. The van der Waals surface area contributed by atoms with Gasteiger partial charge in [-0.3, -0.25) is 0 Å². The Labute approximate surface area is 115 Å². The molecule has 0 saturated carbocycles. The van der Waals surface area contributed by atoms with Gasteiger partial charge in [0.25, 0.3) is 6.71 Å². The van der Waals surface area contributed by atoms with E-state index in [4.69, 9.17) is 5.26 Å². The van der Waals surface area contributed by atoms with Crippen LogP contribution in [-0.2, 0) is 0 Å². The summed E-state index contributed by atoms with van der Waals surface area (Å²) in [5, 5.41) is 19.0. The summed E-state index contributed by atoms with van der Waals surface area (Å²) in [4.78, 5) is 0. The summed E-state index contributed by atoms with van der Waals surface area (Å²) in [5.74, 6) is 1.64. The molecule has 1 aromatic rings. The lowest BCUT2D eigenvalue weighted by Gasteiger charge is -2.16. The van der Waals surface area contributed by atoms with Gasteiger partial charge < -0.3 is 14.6 Å². The molecule has 104 valence electrons. The first kappa shape index (κ1) is 14.3. The van der Waals surface area contributed by atoms with Gasteiger partial charge in [-0.2, -0.15) is 0 Å².